The molecule has 0 bridgehead atoms. The molecule has 0 spiro atoms. The molecule has 1 saturated heterocycles. The normalized spacial score (nSPS) is 20.1. The lowest BCUT2D eigenvalue weighted by Gasteiger charge is -2.36. The molecule has 35 heavy (non-hydrogen) atoms. The van der Waals surface area contributed by atoms with Crippen molar-refractivity contribution in [1.82, 2.24) is 10.0 Å². The minimum Gasteiger partial charge on any atom is -0.292 e. The molecule has 0 saturated carbocycles. The van der Waals surface area contributed by atoms with Gasteiger partial charge in [0.25, 0.3) is 17.7 Å². The molecule has 4 rings (SSSR count). The second-order valence-corrected chi connectivity index (χ2v) is 9.92. The van der Waals surface area contributed by atoms with Gasteiger partial charge in [0, 0.05) is 22.0 Å². The molecule has 1 aliphatic carbocycles. The number of fused-ring (bicyclic) bond motifs is 1. The van der Waals surface area contributed by atoms with Crippen molar-refractivity contribution in [1.29, 1.82) is 0 Å². The van der Waals surface area contributed by atoms with E-state index in [1.807, 2.05) is 12.2 Å². The molecule has 0 N–H and O–H groups in total. The van der Waals surface area contributed by atoms with Crippen LogP contribution in [0.5, 0.6) is 0 Å². The maximum atomic E-state index is 13.8. The zero-order chi connectivity index (χ0) is 25.3. The summed E-state index contributed by atoms with van der Waals surface area (Å²) in [6.45, 7) is 0. The summed E-state index contributed by atoms with van der Waals surface area (Å²) >= 11 is 24.2. The largest absolute Gasteiger partial charge is 0.292 e. The Morgan fingerprint density at radius 1 is 0.886 bits per heavy atom. The van der Waals surface area contributed by atoms with E-state index >= 15 is 0 Å². The fourth-order valence-electron chi connectivity index (χ4n) is 4.40. The van der Waals surface area contributed by atoms with E-state index in [-0.39, 0.29) is 33.5 Å². The maximum absolute atomic E-state index is 13.8. The van der Waals surface area contributed by atoms with Gasteiger partial charge in [-0.25, -0.2) is 5.01 Å². The minimum absolute atomic E-state index is 0.000214. The van der Waals surface area contributed by atoms with E-state index in [1.54, 1.807) is 12.1 Å². The van der Waals surface area contributed by atoms with Gasteiger partial charge in [-0.3, -0.25) is 19.2 Å². The molecule has 1 fully saturated rings. The predicted molar refractivity (Wildman–Crippen MR) is 135 cm³/mol. The number of benzene rings is 2. The van der Waals surface area contributed by atoms with Crippen LogP contribution in [-0.4, -0.2) is 45.4 Å². The van der Waals surface area contributed by atoms with Crippen molar-refractivity contribution in [2.75, 3.05) is 5.88 Å². The van der Waals surface area contributed by atoms with Gasteiger partial charge in [-0.1, -0.05) is 47.0 Å². The molecule has 2 aromatic rings. The van der Waals surface area contributed by atoms with E-state index < -0.39 is 41.4 Å². The van der Waals surface area contributed by atoms with Crippen LogP contribution in [0.25, 0.3) is 0 Å². The molecule has 1 aliphatic heterocycles. The van der Waals surface area contributed by atoms with Gasteiger partial charge >= 0.3 is 0 Å². The molecule has 3 atom stereocenters. The monoisotopic (exact) mass is 552 g/mol. The van der Waals surface area contributed by atoms with E-state index in [0.29, 0.717) is 17.9 Å². The van der Waals surface area contributed by atoms with Gasteiger partial charge in [0.05, 0.1) is 21.9 Å². The van der Waals surface area contributed by atoms with Crippen molar-refractivity contribution >= 4 is 69.9 Å². The Hall–Kier alpha value is -2.38. The Morgan fingerprint density at radius 3 is 2.00 bits per heavy atom. The van der Waals surface area contributed by atoms with Crippen molar-refractivity contribution in [3.05, 3.63) is 80.8 Å². The third kappa shape index (κ3) is 4.98. The summed E-state index contributed by atoms with van der Waals surface area (Å²) in [6, 6.07) is 9.10. The molecule has 1 heterocycles. The minimum atomic E-state index is -1.23. The summed E-state index contributed by atoms with van der Waals surface area (Å²) in [5.74, 6) is -3.47. The number of ketones is 1. The average Bonchev–Trinajstić information content (AvgIpc) is 3.10. The summed E-state index contributed by atoms with van der Waals surface area (Å²) in [5, 5.41) is 2.56. The fraction of sp³-hybridized carbons (Fsp3) is 0.280. The smallest absolute Gasteiger partial charge is 0.273 e. The number of alkyl halides is 1. The van der Waals surface area contributed by atoms with Gasteiger partial charge in [-0.2, -0.15) is 5.01 Å². The third-order valence-corrected chi connectivity index (χ3v) is 7.39. The van der Waals surface area contributed by atoms with Gasteiger partial charge in [0.15, 0.2) is 5.78 Å². The number of amides is 3. The van der Waals surface area contributed by atoms with Gasteiger partial charge in [-0.05, 0) is 61.7 Å². The summed E-state index contributed by atoms with van der Waals surface area (Å²) in [6.07, 6.45) is 4.45. The summed E-state index contributed by atoms with van der Waals surface area (Å²) in [5.41, 5.74) is 0.325. The van der Waals surface area contributed by atoms with E-state index in [4.69, 9.17) is 46.4 Å². The van der Waals surface area contributed by atoms with Crippen LogP contribution in [0.1, 0.15) is 40.0 Å². The first kappa shape index (κ1) is 25.7. The molecule has 2 aliphatic rings. The lowest BCUT2D eigenvalue weighted by atomic mass is 9.85. The van der Waals surface area contributed by atoms with Crippen LogP contribution in [0.2, 0.25) is 15.1 Å². The molecule has 6 nitrogen and oxygen atoms in total. The highest BCUT2D eigenvalue weighted by Gasteiger charge is 2.53. The summed E-state index contributed by atoms with van der Waals surface area (Å²) in [7, 11) is 0. The standard InChI is InChI=1S/C25H20Cl4N2O4/c26-12-11-21(22(32)14-5-8-16(27)9-6-14)30(23(33)15-7-10-19(28)20(29)13-15)31-24(34)17-3-1-2-4-18(17)25(31)35/h1-2,5-10,13,17-18,21H,3-4,11-12H2/t17-,18+,21-/m1/s1. The topological polar surface area (TPSA) is 74.8 Å². The van der Waals surface area contributed by atoms with Crippen LogP contribution in [-0.2, 0) is 9.59 Å². The van der Waals surface area contributed by atoms with Gasteiger partial charge in [0.2, 0.25) is 0 Å². The number of rotatable bonds is 7. The lowest BCUT2D eigenvalue weighted by molar-refractivity contribution is -0.156. The summed E-state index contributed by atoms with van der Waals surface area (Å²) < 4.78 is 0. The fourth-order valence-corrected chi connectivity index (χ4v) is 5.03. The molecular weight excluding hydrogens is 534 g/mol. The van der Waals surface area contributed by atoms with Gasteiger partial charge < -0.3 is 0 Å². The second kappa shape index (κ2) is 10.7. The third-order valence-electron chi connectivity index (χ3n) is 6.18. The molecule has 0 aromatic heterocycles. The number of hydrazine groups is 1. The Balaban J connectivity index is 1.82. The van der Waals surface area contributed by atoms with Gasteiger partial charge in [0.1, 0.15) is 6.04 Å². The number of imide groups is 1. The molecular formula is C25H20Cl4N2O4. The van der Waals surface area contributed by atoms with Crippen LogP contribution >= 0.6 is 46.4 Å². The SMILES string of the molecule is O=C(c1ccc(Cl)cc1)[C@@H](CCCl)N(C(=O)c1ccc(Cl)c(Cl)c1)N1C(=O)[C@H]2CC=CC[C@H]2C1=O. The molecule has 0 unspecified atom stereocenters. The van der Waals surface area contributed by atoms with Crippen molar-refractivity contribution in [3.63, 3.8) is 0 Å². The number of carbonyl (C=O) groups excluding carboxylic acids is 4. The van der Waals surface area contributed by atoms with Crippen molar-refractivity contribution in [3.8, 4) is 0 Å². The highest BCUT2D eigenvalue weighted by atomic mass is 35.5. The van der Waals surface area contributed by atoms with Crippen LogP contribution in [0.3, 0.4) is 0 Å². The Bertz CT molecular complexity index is 1190. The zero-order valence-electron chi connectivity index (χ0n) is 18.3. The van der Waals surface area contributed by atoms with E-state index in [1.165, 1.54) is 30.3 Å². The quantitative estimate of drug-likeness (QED) is 0.187. The van der Waals surface area contributed by atoms with E-state index in [2.05, 4.69) is 0 Å². The highest BCUT2D eigenvalue weighted by molar-refractivity contribution is 6.42. The lowest BCUT2D eigenvalue weighted by Crippen LogP contribution is -2.57. The number of hydrogen-bond acceptors (Lipinski definition) is 4. The Morgan fingerprint density at radius 2 is 1.46 bits per heavy atom. The zero-order valence-corrected chi connectivity index (χ0v) is 21.3. The van der Waals surface area contributed by atoms with Crippen molar-refractivity contribution in [2.24, 2.45) is 11.8 Å². The Kier molecular flexibility index (Phi) is 7.86. The van der Waals surface area contributed by atoms with Crippen LogP contribution in [0, 0.1) is 11.8 Å². The van der Waals surface area contributed by atoms with Crippen LogP contribution < -0.4 is 0 Å². The molecule has 182 valence electrons. The van der Waals surface area contributed by atoms with Crippen molar-refractivity contribution < 1.29 is 19.2 Å². The maximum Gasteiger partial charge on any atom is 0.273 e. The second-order valence-electron chi connectivity index (χ2n) is 8.29. The number of hydrogen-bond donors (Lipinski definition) is 0. The number of halogens is 4. The number of carbonyl (C=O) groups is 4. The average molecular weight is 554 g/mol. The summed E-state index contributed by atoms with van der Waals surface area (Å²) in [4.78, 5) is 54.3. The Labute approximate surface area is 222 Å². The first-order chi connectivity index (χ1) is 16.7. The number of Topliss-reactive ketones (excluding diaryl/α,β-unsaturated/α-hetero) is 1. The molecule has 2 aromatic carbocycles. The van der Waals surface area contributed by atoms with Crippen LogP contribution in [0.15, 0.2) is 54.6 Å². The van der Waals surface area contributed by atoms with E-state index in [0.717, 1.165) is 10.0 Å². The molecule has 0 radical (unpaired) electrons. The predicted octanol–water partition coefficient (Wildman–Crippen LogP) is 5.84. The first-order valence-corrected chi connectivity index (χ1v) is 12.6. The molecule has 10 heteroatoms. The number of allylic oxidation sites excluding steroid dienone is 2. The van der Waals surface area contributed by atoms with Crippen LogP contribution in [0.4, 0.5) is 0 Å². The first-order valence-electron chi connectivity index (χ1n) is 10.9. The van der Waals surface area contributed by atoms with E-state index in [9.17, 15) is 19.2 Å². The number of nitrogens with zero attached hydrogens (tertiary/aromatic N) is 2. The van der Waals surface area contributed by atoms with Crippen molar-refractivity contribution in [2.45, 2.75) is 25.3 Å². The van der Waals surface area contributed by atoms with Gasteiger partial charge in [-0.15, -0.1) is 11.6 Å². The molecule has 3 amide bonds. The highest BCUT2D eigenvalue weighted by Crippen LogP contribution is 2.37.